The van der Waals surface area contributed by atoms with Crippen LogP contribution < -0.4 is 4.18 Å². The zero-order chi connectivity index (χ0) is 12.7. The van der Waals surface area contributed by atoms with Crippen molar-refractivity contribution in [2.24, 2.45) is 0 Å². The van der Waals surface area contributed by atoms with E-state index in [0.29, 0.717) is 5.39 Å². The number of aromatic amines is 1. The van der Waals surface area contributed by atoms with Gasteiger partial charge in [-0.05, 0) is 6.07 Å². The molecule has 2 aromatic rings. The summed E-state index contributed by atoms with van der Waals surface area (Å²) >= 11 is 0. The molecule has 1 N–H and O–H groups in total. The number of aromatic nitrogens is 3. The van der Waals surface area contributed by atoms with E-state index in [0.717, 1.165) is 6.07 Å². The van der Waals surface area contributed by atoms with E-state index in [9.17, 15) is 21.6 Å². The second-order valence-corrected chi connectivity index (χ2v) is 4.48. The molecule has 2 aromatic heterocycles. The van der Waals surface area contributed by atoms with Crippen LogP contribution in [0.2, 0.25) is 0 Å². The molecule has 0 radical (unpaired) electrons. The molecule has 0 unspecified atom stereocenters. The predicted molar refractivity (Wildman–Crippen MR) is 49.5 cm³/mol. The van der Waals surface area contributed by atoms with E-state index in [4.69, 9.17) is 0 Å². The zero-order valence-electron chi connectivity index (χ0n) is 7.89. The lowest BCUT2D eigenvalue weighted by Crippen LogP contribution is -2.28. The first-order valence-electron chi connectivity index (χ1n) is 4.10. The Kier molecular flexibility index (Phi) is 2.45. The van der Waals surface area contributed by atoms with Gasteiger partial charge in [-0.25, -0.2) is 0 Å². The first-order chi connectivity index (χ1) is 7.79. The number of alkyl halides is 3. The van der Waals surface area contributed by atoms with Gasteiger partial charge in [-0.15, -0.1) is 0 Å². The molecule has 0 bridgehead atoms. The Bertz CT molecular complexity index is 649. The number of hydrogen-bond acceptors (Lipinski definition) is 5. The normalized spacial score (nSPS) is 12.9. The number of nitrogens with one attached hydrogen (secondary N) is 1. The van der Waals surface area contributed by atoms with Crippen LogP contribution in [0.4, 0.5) is 13.2 Å². The average molecular weight is 267 g/mol. The molecule has 0 spiro atoms. The van der Waals surface area contributed by atoms with E-state index in [1.165, 1.54) is 12.3 Å². The van der Waals surface area contributed by atoms with E-state index < -0.39 is 21.5 Å². The second kappa shape index (κ2) is 3.58. The Morgan fingerprint density at radius 2 is 2.00 bits per heavy atom. The van der Waals surface area contributed by atoms with Gasteiger partial charge in [0, 0.05) is 11.5 Å². The molecule has 92 valence electrons. The first kappa shape index (κ1) is 11.6. The van der Waals surface area contributed by atoms with Gasteiger partial charge in [0.05, 0.1) is 6.20 Å². The van der Waals surface area contributed by atoms with Crippen LogP contribution in [0.3, 0.4) is 0 Å². The smallest absolute Gasteiger partial charge is 0.355 e. The SMILES string of the molecule is O=S(=O)(Oc1ccc2cn[nH]c2n1)C(F)(F)F. The Labute approximate surface area is 92.5 Å². The molecular formula is C7H4F3N3O3S. The van der Waals surface area contributed by atoms with Crippen molar-refractivity contribution in [3.63, 3.8) is 0 Å². The Morgan fingerprint density at radius 3 is 2.65 bits per heavy atom. The van der Waals surface area contributed by atoms with Gasteiger partial charge in [0.1, 0.15) is 0 Å². The fourth-order valence-corrected chi connectivity index (χ4v) is 1.43. The van der Waals surface area contributed by atoms with Gasteiger partial charge in [0.15, 0.2) is 5.65 Å². The predicted octanol–water partition coefficient (Wildman–Crippen LogP) is 1.19. The van der Waals surface area contributed by atoms with Crippen LogP contribution in [0.15, 0.2) is 18.3 Å². The van der Waals surface area contributed by atoms with Crippen molar-refractivity contribution in [3.05, 3.63) is 18.3 Å². The fraction of sp³-hybridized carbons (Fsp3) is 0.143. The quantitative estimate of drug-likeness (QED) is 0.652. The first-order valence-corrected chi connectivity index (χ1v) is 5.51. The molecule has 0 aliphatic heterocycles. The molecule has 0 saturated carbocycles. The molecule has 0 aliphatic carbocycles. The standard InChI is InChI=1S/C7H4F3N3O3S/c8-7(9,10)17(14,15)16-5-2-1-4-3-11-13-6(4)12-5/h1-3H,(H,11,12,13). The number of fused-ring (bicyclic) bond motifs is 1. The molecule has 10 heteroatoms. The molecule has 17 heavy (non-hydrogen) atoms. The molecule has 0 aliphatic rings. The molecule has 0 aromatic carbocycles. The summed E-state index contributed by atoms with van der Waals surface area (Å²) in [6, 6.07) is 2.33. The molecular weight excluding hydrogens is 263 g/mol. The van der Waals surface area contributed by atoms with Gasteiger partial charge >= 0.3 is 15.6 Å². The van der Waals surface area contributed by atoms with E-state index in [2.05, 4.69) is 19.4 Å². The van der Waals surface area contributed by atoms with E-state index >= 15 is 0 Å². The van der Waals surface area contributed by atoms with Crippen LogP contribution in [0.5, 0.6) is 5.88 Å². The van der Waals surface area contributed by atoms with Crippen LogP contribution in [0, 0.1) is 0 Å². The minimum absolute atomic E-state index is 0.125. The van der Waals surface area contributed by atoms with Crippen molar-refractivity contribution in [1.29, 1.82) is 0 Å². The highest BCUT2D eigenvalue weighted by molar-refractivity contribution is 7.87. The number of halogens is 3. The number of hydrogen-bond donors (Lipinski definition) is 1. The van der Waals surface area contributed by atoms with Gasteiger partial charge in [0.2, 0.25) is 5.88 Å². The Balaban J connectivity index is 2.36. The lowest BCUT2D eigenvalue weighted by atomic mass is 10.4. The number of pyridine rings is 1. The highest BCUT2D eigenvalue weighted by Crippen LogP contribution is 2.26. The van der Waals surface area contributed by atoms with Gasteiger partial charge in [0.25, 0.3) is 0 Å². The monoisotopic (exact) mass is 267 g/mol. The minimum Gasteiger partial charge on any atom is -0.355 e. The molecule has 0 amide bonds. The summed E-state index contributed by atoms with van der Waals surface area (Å²) in [7, 11) is -5.70. The van der Waals surface area contributed by atoms with Crippen LogP contribution >= 0.6 is 0 Å². The Morgan fingerprint density at radius 1 is 1.29 bits per heavy atom. The number of nitrogens with zero attached hydrogens (tertiary/aromatic N) is 2. The van der Waals surface area contributed by atoms with Gasteiger partial charge in [-0.3, -0.25) is 5.10 Å². The average Bonchev–Trinajstić information content (AvgIpc) is 2.62. The maximum atomic E-state index is 12.0. The van der Waals surface area contributed by atoms with Gasteiger partial charge < -0.3 is 4.18 Å². The van der Waals surface area contributed by atoms with Crippen LogP contribution in [-0.4, -0.2) is 29.1 Å². The molecule has 2 rings (SSSR count). The van der Waals surface area contributed by atoms with Crippen molar-refractivity contribution < 1.29 is 25.8 Å². The third-order valence-corrected chi connectivity index (χ3v) is 2.71. The lowest BCUT2D eigenvalue weighted by molar-refractivity contribution is -0.0501. The van der Waals surface area contributed by atoms with Crippen molar-refractivity contribution in [2.45, 2.75) is 5.51 Å². The summed E-state index contributed by atoms with van der Waals surface area (Å²) in [4.78, 5) is 3.51. The topological polar surface area (TPSA) is 84.9 Å². The maximum absolute atomic E-state index is 12.0. The Hall–Kier alpha value is -1.84. The highest BCUT2D eigenvalue weighted by atomic mass is 32.2. The van der Waals surface area contributed by atoms with E-state index in [1.54, 1.807) is 0 Å². The lowest BCUT2D eigenvalue weighted by Gasteiger charge is -2.07. The largest absolute Gasteiger partial charge is 0.534 e. The van der Waals surface area contributed by atoms with Gasteiger partial charge in [-0.1, -0.05) is 0 Å². The molecule has 0 fully saturated rings. The summed E-state index contributed by atoms with van der Waals surface area (Å²) in [6.07, 6.45) is 1.38. The van der Waals surface area contributed by atoms with Crippen LogP contribution in [-0.2, 0) is 10.1 Å². The van der Waals surface area contributed by atoms with Crippen molar-refractivity contribution in [2.75, 3.05) is 0 Å². The maximum Gasteiger partial charge on any atom is 0.534 e. The summed E-state index contributed by atoms with van der Waals surface area (Å²) in [5, 5.41) is 6.46. The van der Waals surface area contributed by atoms with Crippen molar-refractivity contribution >= 4 is 21.2 Å². The van der Waals surface area contributed by atoms with E-state index in [1.807, 2.05) is 0 Å². The summed E-state index contributed by atoms with van der Waals surface area (Å²) in [6.45, 7) is 0. The van der Waals surface area contributed by atoms with Crippen LogP contribution in [0.25, 0.3) is 11.0 Å². The van der Waals surface area contributed by atoms with E-state index in [-0.39, 0.29) is 5.65 Å². The van der Waals surface area contributed by atoms with Crippen molar-refractivity contribution in [3.8, 4) is 5.88 Å². The molecule has 0 saturated heterocycles. The summed E-state index contributed by atoms with van der Waals surface area (Å²) < 4.78 is 61.2. The van der Waals surface area contributed by atoms with Crippen molar-refractivity contribution in [1.82, 2.24) is 15.2 Å². The molecule has 0 atom stereocenters. The fourth-order valence-electron chi connectivity index (χ4n) is 1.01. The summed E-state index contributed by atoms with van der Waals surface area (Å²) in [5.41, 5.74) is -5.36. The molecule has 6 nitrogen and oxygen atoms in total. The van der Waals surface area contributed by atoms with Gasteiger partial charge in [-0.2, -0.15) is 31.7 Å². The third-order valence-electron chi connectivity index (χ3n) is 1.75. The molecule has 2 heterocycles. The highest BCUT2D eigenvalue weighted by Gasteiger charge is 2.48. The number of rotatable bonds is 2. The third kappa shape index (κ3) is 2.16. The number of H-pyrrole nitrogens is 1. The summed E-state index contributed by atoms with van der Waals surface area (Å²) in [5.74, 6) is -0.681. The van der Waals surface area contributed by atoms with Crippen LogP contribution in [0.1, 0.15) is 0 Å². The second-order valence-electron chi connectivity index (χ2n) is 2.94. The minimum atomic E-state index is -5.70. The zero-order valence-corrected chi connectivity index (χ0v) is 8.71.